The molecule has 2 N–H and O–H groups in total. The second kappa shape index (κ2) is 7.99. The fraction of sp³-hybridized carbons (Fsp3) is 0.357. The summed E-state index contributed by atoms with van der Waals surface area (Å²) < 4.78 is 13.1. The van der Waals surface area contributed by atoms with Gasteiger partial charge in [0.15, 0.2) is 0 Å². The molecule has 0 unspecified atom stereocenters. The van der Waals surface area contributed by atoms with Gasteiger partial charge in [-0.15, -0.1) is 24.8 Å². The van der Waals surface area contributed by atoms with Crippen molar-refractivity contribution >= 4 is 36.4 Å². The van der Waals surface area contributed by atoms with Crippen molar-refractivity contribution in [3.63, 3.8) is 0 Å². The number of benzene rings is 1. The number of halogens is 4. The average Bonchev–Trinajstić information content (AvgIpc) is 2.93. The minimum absolute atomic E-state index is 0. The summed E-state index contributed by atoms with van der Waals surface area (Å²) in [6.07, 6.45) is 3.98. The first-order valence-corrected chi connectivity index (χ1v) is 6.83. The molecule has 3 rings (SSSR count). The number of piperidine rings is 1. The second-order valence-electron chi connectivity index (χ2n) is 4.84. The van der Waals surface area contributed by atoms with Gasteiger partial charge in [-0.1, -0.05) is 11.6 Å². The Hall–Kier alpha value is -0.810. The van der Waals surface area contributed by atoms with E-state index >= 15 is 0 Å². The number of aromatic amines is 1. The molecule has 1 aromatic heterocycles. The van der Waals surface area contributed by atoms with E-state index in [0.717, 1.165) is 43.0 Å². The van der Waals surface area contributed by atoms with E-state index in [1.807, 2.05) is 0 Å². The van der Waals surface area contributed by atoms with Crippen molar-refractivity contribution in [2.24, 2.45) is 0 Å². The highest BCUT2D eigenvalue weighted by Gasteiger charge is 2.18. The van der Waals surface area contributed by atoms with Crippen molar-refractivity contribution in [3.8, 4) is 11.3 Å². The maximum Gasteiger partial charge on any atom is 0.141 e. The molecule has 0 bridgehead atoms. The lowest BCUT2D eigenvalue weighted by Crippen LogP contribution is -2.27. The van der Waals surface area contributed by atoms with Gasteiger partial charge in [-0.2, -0.15) is 0 Å². The van der Waals surface area contributed by atoms with E-state index < -0.39 is 5.82 Å². The van der Waals surface area contributed by atoms with Gasteiger partial charge in [0.25, 0.3) is 0 Å². The minimum Gasteiger partial charge on any atom is -0.342 e. The number of H-pyrrole nitrogens is 1. The Bertz CT molecular complexity index is 583. The highest BCUT2D eigenvalue weighted by Crippen LogP contribution is 2.27. The van der Waals surface area contributed by atoms with Gasteiger partial charge in [0, 0.05) is 11.5 Å². The van der Waals surface area contributed by atoms with E-state index in [2.05, 4.69) is 15.3 Å². The van der Waals surface area contributed by atoms with Gasteiger partial charge in [0.1, 0.15) is 11.6 Å². The number of nitrogens with one attached hydrogen (secondary N) is 2. The molecule has 1 fully saturated rings. The Kier molecular flexibility index (Phi) is 6.94. The maximum atomic E-state index is 13.1. The smallest absolute Gasteiger partial charge is 0.141 e. The van der Waals surface area contributed by atoms with E-state index in [1.54, 1.807) is 18.3 Å². The standard InChI is InChI=1S/C14H15ClFN3.2ClH/c15-11-7-10(1-2-12(11)16)13-8-18-14(19-13)9-3-5-17-6-4-9;;/h1-2,7-9,17H,3-6H2,(H,18,19);2*1H. The van der Waals surface area contributed by atoms with E-state index in [4.69, 9.17) is 11.6 Å². The summed E-state index contributed by atoms with van der Waals surface area (Å²) in [5, 5.41) is 3.47. The van der Waals surface area contributed by atoms with Crippen LogP contribution in [0.2, 0.25) is 5.02 Å². The number of imidazole rings is 1. The van der Waals surface area contributed by atoms with Crippen molar-refractivity contribution in [2.75, 3.05) is 13.1 Å². The van der Waals surface area contributed by atoms with Crippen molar-refractivity contribution in [1.29, 1.82) is 0 Å². The minimum atomic E-state index is -0.400. The number of rotatable bonds is 2. The fourth-order valence-electron chi connectivity index (χ4n) is 2.45. The summed E-state index contributed by atoms with van der Waals surface area (Å²) in [6, 6.07) is 4.71. The van der Waals surface area contributed by atoms with E-state index in [0.29, 0.717) is 5.92 Å². The summed E-state index contributed by atoms with van der Waals surface area (Å²) in [5.41, 5.74) is 1.74. The maximum absolute atomic E-state index is 13.1. The third-order valence-corrected chi connectivity index (χ3v) is 3.84. The molecule has 1 aromatic carbocycles. The number of hydrogen-bond acceptors (Lipinski definition) is 2. The molecular formula is C14H17Cl3FN3. The van der Waals surface area contributed by atoms with Crippen LogP contribution < -0.4 is 5.32 Å². The summed E-state index contributed by atoms with van der Waals surface area (Å²) in [4.78, 5) is 7.77. The first-order valence-electron chi connectivity index (χ1n) is 6.45. The zero-order valence-corrected chi connectivity index (χ0v) is 13.6. The van der Waals surface area contributed by atoms with Crippen LogP contribution in [0, 0.1) is 5.82 Å². The lowest BCUT2D eigenvalue weighted by molar-refractivity contribution is 0.447. The van der Waals surface area contributed by atoms with Crippen LogP contribution in [0.3, 0.4) is 0 Å². The molecule has 0 aliphatic carbocycles. The number of nitrogens with zero attached hydrogens (tertiary/aromatic N) is 1. The highest BCUT2D eigenvalue weighted by molar-refractivity contribution is 6.31. The van der Waals surface area contributed by atoms with E-state index in [-0.39, 0.29) is 29.8 Å². The third-order valence-electron chi connectivity index (χ3n) is 3.55. The first-order chi connectivity index (χ1) is 9.24. The van der Waals surface area contributed by atoms with Crippen molar-refractivity contribution in [1.82, 2.24) is 15.3 Å². The second-order valence-corrected chi connectivity index (χ2v) is 5.24. The number of hydrogen-bond donors (Lipinski definition) is 2. The van der Waals surface area contributed by atoms with Gasteiger partial charge in [-0.05, 0) is 44.1 Å². The zero-order chi connectivity index (χ0) is 13.2. The van der Waals surface area contributed by atoms with Crippen LogP contribution >= 0.6 is 36.4 Å². The SMILES string of the molecule is Cl.Cl.Fc1ccc(-c2cnc(C3CCNCC3)[nH]2)cc1Cl. The topological polar surface area (TPSA) is 40.7 Å². The van der Waals surface area contributed by atoms with Crippen molar-refractivity contribution < 1.29 is 4.39 Å². The molecular weight excluding hydrogens is 336 g/mol. The molecule has 116 valence electrons. The molecule has 2 heterocycles. The largest absolute Gasteiger partial charge is 0.342 e. The van der Waals surface area contributed by atoms with Gasteiger partial charge >= 0.3 is 0 Å². The van der Waals surface area contributed by atoms with Crippen LogP contribution in [-0.4, -0.2) is 23.1 Å². The van der Waals surface area contributed by atoms with E-state index in [1.165, 1.54) is 6.07 Å². The van der Waals surface area contributed by atoms with Gasteiger partial charge in [-0.25, -0.2) is 9.37 Å². The Morgan fingerprint density at radius 2 is 1.90 bits per heavy atom. The van der Waals surface area contributed by atoms with Gasteiger partial charge in [-0.3, -0.25) is 0 Å². The molecule has 3 nitrogen and oxygen atoms in total. The van der Waals surface area contributed by atoms with E-state index in [9.17, 15) is 4.39 Å². The first kappa shape index (κ1) is 18.2. The van der Waals surface area contributed by atoms with Gasteiger partial charge in [0.05, 0.1) is 16.9 Å². The summed E-state index contributed by atoms with van der Waals surface area (Å²) in [6.45, 7) is 2.06. The summed E-state index contributed by atoms with van der Waals surface area (Å²) in [7, 11) is 0. The molecule has 0 spiro atoms. The normalized spacial score (nSPS) is 15.1. The molecule has 21 heavy (non-hydrogen) atoms. The Morgan fingerprint density at radius 3 is 2.57 bits per heavy atom. The predicted molar refractivity (Wildman–Crippen MR) is 88.3 cm³/mol. The van der Waals surface area contributed by atoms with Gasteiger partial charge < -0.3 is 10.3 Å². The molecule has 1 aliphatic heterocycles. The molecule has 7 heteroatoms. The fourth-order valence-corrected chi connectivity index (χ4v) is 2.63. The number of aromatic nitrogens is 2. The van der Waals surface area contributed by atoms with Crippen LogP contribution in [-0.2, 0) is 0 Å². The quantitative estimate of drug-likeness (QED) is 0.851. The van der Waals surface area contributed by atoms with Crippen LogP contribution in [0.4, 0.5) is 4.39 Å². The lowest BCUT2D eigenvalue weighted by Gasteiger charge is -2.20. The molecule has 0 atom stereocenters. The van der Waals surface area contributed by atoms with Crippen molar-refractivity contribution in [3.05, 3.63) is 41.1 Å². The Balaban J connectivity index is 0.00000110. The molecule has 0 amide bonds. The van der Waals surface area contributed by atoms with Crippen LogP contribution in [0.15, 0.2) is 24.4 Å². The predicted octanol–water partition coefficient (Wildman–Crippen LogP) is 4.18. The summed E-state index contributed by atoms with van der Waals surface area (Å²) in [5.74, 6) is 1.09. The highest BCUT2D eigenvalue weighted by atomic mass is 35.5. The monoisotopic (exact) mass is 351 g/mol. The molecule has 1 saturated heterocycles. The zero-order valence-electron chi connectivity index (χ0n) is 11.2. The lowest BCUT2D eigenvalue weighted by atomic mass is 9.98. The molecule has 1 aliphatic rings. The summed E-state index contributed by atoms with van der Waals surface area (Å²) >= 11 is 5.80. The average molecular weight is 353 g/mol. The molecule has 2 aromatic rings. The van der Waals surface area contributed by atoms with Crippen LogP contribution in [0.25, 0.3) is 11.3 Å². The van der Waals surface area contributed by atoms with Gasteiger partial charge in [0.2, 0.25) is 0 Å². The van der Waals surface area contributed by atoms with Crippen LogP contribution in [0.5, 0.6) is 0 Å². The Morgan fingerprint density at radius 1 is 1.19 bits per heavy atom. The molecule has 0 radical (unpaired) electrons. The van der Waals surface area contributed by atoms with Crippen molar-refractivity contribution in [2.45, 2.75) is 18.8 Å². The Labute approximate surface area is 140 Å². The third kappa shape index (κ3) is 4.10. The van der Waals surface area contributed by atoms with Crippen LogP contribution in [0.1, 0.15) is 24.6 Å². The molecule has 0 saturated carbocycles.